The van der Waals surface area contributed by atoms with E-state index in [1.54, 1.807) is 24.9 Å². The summed E-state index contributed by atoms with van der Waals surface area (Å²) in [5.74, 6) is 2.05. The van der Waals surface area contributed by atoms with Crippen LogP contribution in [0, 0.1) is 23.2 Å². The normalized spacial score (nSPS) is 35.3. The third-order valence-electron chi connectivity index (χ3n) is 8.80. The zero-order chi connectivity index (χ0) is 24.0. The van der Waals surface area contributed by atoms with Gasteiger partial charge in [0.25, 0.3) is 0 Å². The van der Waals surface area contributed by atoms with E-state index < -0.39 is 0 Å². The molecule has 184 valence electrons. The van der Waals surface area contributed by atoms with Crippen molar-refractivity contribution in [2.75, 3.05) is 19.4 Å². The smallest absolute Gasteiger partial charge is 0.225 e. The summed E-state index contributed by atoms with van der Waals surface area (Å²) < 4.78 is 0. The van der Waals surface area contributed by atoms with Gasteiger partial charge in [0.15, 0.2) is 5.17 Å². The summed E-state index contributed by atoms with van der Waals surface area (Å²) in [6, 6.07) is 3.84. The molecule has 0 aromatic heterocycles. The van der Waals surface area contributed by atoms with Crippen molar-refractivity contribution in [1.82, 2.24) is 5.32 Å². The van der Waals surface area contributed by atoms with Crippen molar-refractivity contribution in [3.8, 4) is 5.75 Å². The molecule has 1 heterocycles. The molecule has 3 aliphatic carbocycles. The Kier molecular flexibility index (Phi) is 6.29. The van der Waals surface area contributed by atoms with Crippen molar-refractivity contribution < 1.29 is 14.7 Å². The van der Waals surface area contributed by atoms with Gasteiger partial charge in [-0.1, -0.05) is 36.8 Å². The summed E-state index contributed by atoms with van der Waals surface area (Å²) in [6.07, 6.45) is 6.32. The lowest BCUT2D eigenvalue weighted by Gasteiger charge is -2.50. The van der Waals surface area contributed by atoms with E-state index in [4.69, 9.17) is 10.6 Å². The van der Waals surface area contributed by atoms with Gasteiger partial charge in [-0.05, 0) is 79.4 Å². The van der Waals surface area contributed by atoms with E-state index in [0.29, 0.717) is 41.0 Å². The van der Waals surface area contributed by atoms with Crippen LogP contribution in [0.25, 0.3) is 0 Å². The Labute approximate surface area is 206 Å². The van der Waals surface area contributed by atoms with Gasteiger partial charge in [-0.15, -0.1) is 0 Å². The number of carbonyl (C=O) groups is 1. The van der Waals surface area contributed by atoms with Gasteiger partial charge in [-0.3, -0.25) is 9.79 Å². The molecule has 1 aromatic carbocycles. The monoisotopic (exact) mass is 484 g/mol. The molecule has 7 nitrogen and oxygen atoms in total. The number of hydrogen-bond donors (Lipinski definition) is 3. The fourth-order valence-electron chi connectivity index (χ4n) is 7.32. The minimum absolute atomic E-state index is 0.000886. The lowest BCUT2D eigenvalue weighted by molar-refractivity contribution is -0.120. The van der Waals surface area contributed by atoms with Crippen LogP contribution in [0.5, 0.6) is 5.75 Å². The number of nitrogens with one attached hydrogen (secondary N) is 1. The molecule has 1 amide bonds. The van der Waals surface area contributed by atoms with Gasteiger partial charge < -0.3 is 21.0 Å². The van der Waals surface area contributed by atoms with Gasteiger partial charge in [-0.2, -0.15) is 0 Å². The largest absolute Gasteiger partial charge is 0.506 e. The van der Waals surface area contributed by atoms with Gasteiger partial charge in [0, 0.05) is 17.1 Å². The van der Waals surface area contributed by atoms with Crippen molar-refractivity contribution in [3.63, 3.8) is 0 Å². The Bertz CT molecular complexity index is 1040. The van der Waals surface area contributed by atoms with Crippen LogP contribution in [0.1, 0.15) is 69.4 Å². The second-order valence-corrected chi connectivity index (χ2v) is 12.1. The molecule has 34 heavy (non-hydrogen) atoms. The van der Waals surface area contributed by atoms with Crippen LogP contribution in [-0.4, -0.2) is 40.8 Å². The lowest BCUT2D eigenvalue weighted by atomic mass is 9.54. The minimum atomic E-state index is -0.000886. The topological polar surface area (TPSA) is 109 Å². The number of nitrogens with zero attached hydrogens (tertiary/aromatic N) is 2. The number of carbonyl (C=O) groups excluding carboxylic acids is 1. The SMILES string of the molecule is CO/N=C1\C[C@@H](CCC(=O)NC2=NCC(C)S2)C2C3CCc4c(ccc(O)c4N)C3CC[C@]12C. The maximum Gasteiger partial charge on any atom is 0.225 e. The number of phenolic OH excluding ortho intramolecular Hbond substituents is 1. The van der Waals surface area contributed by atoms with Gasteiger partial charge in [0.1, 0.15) is 12.9 Å². The molecule has 8 heteroatoms. The second-order valence-electron chi connectivity index (χ2n) is 10.7. The molecule has 5 rings (SSSR count). The first-order valence-electron chi connectivity index (χ1n) is 12.5. The molecule has 2 saturated carbocycles. The van der Waals surface area contributed by atoms with Crippen LogP contribution in [0.3, 0.4) is 0 Å². The minimum Gasteiger partial charge on any atom is -0.506 e. The molecule has 2 fully saturated rings. The zero-order valence-electron chi connectivity index (χ0n) is 20.3. The Morgan fingerprint density at radius 1 is 1.41 bits per heavy atom. The molecule has 4 N–H and O–H groups in total. The third kappa shape index (κ3) is 3.97. The number of nitrogen functional groups attached to an aromatic ring is 1. The average Bonchev–Trinajstić information content (AvgIpc) is 3.34. The van der Waals surface area contributed by atoms with Crippen LogP contribution in [0.4, 0.5) is 5.69 Å². The number of aromatic hydroxyl groups is 1. The van der Waals surface area contributed by atoms with Crippen LogP contribution < -0.4 is 11.1 Å². The Morgan fingerprint density at radius 2 is 2.24 bits per heavy atom. The van der Waals surface area contributed by atoms with Gasteiger partial charge in [0.05, 0.1) is 17.9 Å². The Hall–Kier alpha value is -2.22. The summed E-state index contributed by atoms with van der Waals surface area (Å²) in [7, 11) is 1.63. The van der Waals surface area contributed by atoms with E-state index in [0.717, 1.165) is 61.5 Å². The summed E-state index contributed by atoms with van der Waals surface area (Å²) in [5.41, 5.74) is 10.4. The first-order valence-corrected chi connectivity index (χ1v) is 13.4. The average molecular weight is 485 g/mol. The number of nitrogens with two attached hydrogens (primary N) is 1. The van der Waals surface area contributed by atoms with Crippen molar-refractivity contribution in [2.24, 2.45) is 33.3 Å². The van der Waals surface area contributed by atoms with Crippen molar-refractivity contribution in [2.45, 2.75) is 70.0 Å². The number of fused-ring (bicyclic) bond motifs is 5. The number of amides is 1. The maximum atomic E-state index is 12.7. The Balaban J connectivity index is 1.37. The van der Waals surface area contributed by atoms with Crippen LogP contribution in [0.2, 0.25) is 0 Å². The number of benzene rings is 1. The van der Waals surface area contributed by atoms with E-state index >= 15 is 0 Å². The highest BCUT2D eigenvalue weighted by Gasteiger charge is 2.57. The van der Waals surface area contributed by atoms with Crippen molar-refractivity contribution >= 4 is 34.2 Å². The van der Waals surface area contributed by atoms with Gasteiger partial charge in [0.2, 0.25) is 5.91 Å². The van der Waals surface area contributed by atoms with Gasteiger partial charge in [-0.25, -0.2) is 0 Å². The molecule has 1 aromatic rings. The zero-order valence-corrected chi connectivity index (χ0v) is 21.2. The Morgan fingerprint density at radius 3 is 2.97 bits per heavy atom. The van der Waals surface area contributed by atoms with Crippen LogP contribution in [0.15, 0.2) is 22.3 Å². The number of hydrogen-bond acceptors (Lipinski definition) is 7. The number of aliphatic imine (C=N–C) groups is 1. The summed E-state index contributed by atoms with van der Waals surface area (Å²) in [6.45, 7) is 5.25. The number of amidine groups is 1. The molecule has 6 atom stereocenters. The molecule has 1 aliphatic heterocycles. The lowest BCUT2D eigenvalue weighted by Crippen LogP contribution is -2.44. The fraction of sp³-hybridized carbons (Fsp3) is 0.654. The highest BCUT2D eigenvalue weighted by Crippen LogP contribution is 2.63. The van der Waals surface area contributed by atoms with E-state index in [1.807, 2.05) is 0 Å². The highest BCUT2D eigenvalue weighted by molar-refractivity contribution is 8.14. The van der Waals surface area contributed by atoms with Crippen molar-refractivity contribution in [3.05, 3.63) is 23.3 Å². The summed E-state index contributed by atoms with van der Waals surface area (Å²) >= 11 is 1.64. The number of oxime groups is 1. The quantitative estimate of drug-likeness (QED) is 0.332. The highest BCUT2D eigenvalue weighted by atomic mass is 32.2. The molecule has 0 saturated heterocycles. The van der Waals surface area contributed by atoms with Gasteiger partial charge >= 0.3 is 0 Å². The van der Waals surface area contributed by atoms with E-state index in [2.05, 4.69) is 35.4 Å². The molecular weight excluding hydrogens is 448 g/mol. The number of rotatable bonds is 4. The molecular formula is C26H36N4O3S. The number of phenols is 1. The number of thioether (sulfide) groups is 1. The van der Waals surface area contributed by atoms with E-state index in [-0.39, 0.29) is 17.1 Å². The standard InChI is InChI=1S/C26H36N4O3S/c1-14-13-28-25(34-14)29-22(32)9-4-15-12-21(30-33-3)26(2)11-10-17-16-7-8-20(31)24(27)19(16)6-5-18(17)23(15)26/h7-8,14-15,17-18,23,31H,4-6,9-13,27H2,1-3H3,(H,28,29,32)/b30-21+/t14?,15-,17?,18?,23?,26-/m1/s1. The van der Waals surface area contributed by atoms with Crippen molar-refractivity contribution in [1.29, 1.82) is 0 Å². The summed E-state index contributed by atoms with van der Waals surface area (Å²) in [5, 5.41) is 18.8. The maximum absolute atomic E-state index is 12.7. The third-order valence-corrected chi connectivity index (χ3v) is 9.81. The molecule has 4 unspecified atom stereocenters. The van der Waals surface area contributed by atoms with Crippen LogP contribution >= 0.6 is 11.8 Å². The molecule has 0 radical (unpaired) electrons. The number of anilines is 1. The summed E-state index contributed by atoms with van der Waals surface area (Å²) in [4.78, 5) is 22.4. The first kappa shape index (κ1) is 23.5. The molecule has 0 spiro atoms. The predicted molar refractivity (Wildman–Crippen MR) is 137 cm³/mol. The second kappa shape index (κ2) is 9.10. The van der Waals surface area contributed by atoms with E-state index in [9.17, 15) is 9.90 Å². The van der Waals surface area contributed by atoms with Crippen LogP contribution in [-0.2, 0) is 16.1 Å². The fourth-order valence-corrected chi connectivity index (χ4v) is 8.18. The predicted octanol–water partition coefficient (Wildman–Crippen LogP) is 4.45. The molecule has 4 aliphatic rings. The first-order chi connectivity index (χ1) is 16.3. The van der Waals surface area contributed by atoms with E-state index in [1.165, 1.54) is 5.56 Å². The molecule has 0 bridgehead atoms.